The van der Waals surface area contributed by atoms with Crippen molar-refractivity contribution in [2.45, 2.75) is 18.6 Å². The average Bonchev–Trinajstić information content (AvgIpc) is 2.82. The Hall–Kier alpha value is -2.28. The van der Waals surface area contributed by atoms with Gasteiger partial charge in [0.2, 0.25) is 0 Å². The number of hydrogen-bond acceptors (Lipinski definition) is 6. The number of methoxy groups -OCH3 is 1. The van der Waals surface area contributed by atoms with Gasteiger partial charge in [0.25, 0.3) is 5.91 Å². The van der Waals surface area contributed by atoms with E-state index < -0.39 is 35.5 Å². The molecule has 1 amide bonds. The Morgan fingerprint density at radius 1 is 1.35 bits per heavy atom. The predicted octanol–water partition coefficient (Wildman–Crippen LogP) is -0.154. The zero-order valence-corrected chi connectivity index (χ0v) is 10.8. The summed E-state index contributed by atoms with van der Waals surface area (Å²) < 4.78 is 4.60. The first-order valence-corrected chi connectivity index (χ1v) is 6.03. The molecule has 1 aliphatic heterocycles. The number of nitrogens with zero attached hydrogens (tertiary/aromatic N) is 1. The summed E-state index contributed by atoms with van der Waals surface area (Å²) in [6.07, 6.45) is -0.750. The van der Waals surface area contributed by atoms with Gasteiger partial charge >= 0.3 is 5.97 Å². The van der Waals surface area contributed by atoms with Gasteiger partial charge in [0.1, 0.15) is 6.04 Å². The van der Waals surface area contributed by atoms with Crippen molar-refractivity contribution in [1.29, 1.82) is 0 Å². The second kappa shape index (κ2) is 5.38. The number of likely N-dealkylation sites (tertiary alicyclic amines) is 1. The number of rotatable bonds is 2. The average molecular weight is 281 g/mol. The van der Waals surface area contributed by atoms with E-state index in [9.17, 15) is 24.9 Å². The first kappa shape index (κ1) is 14.1. The molecule has 1 saturated heterocycles. The summed E-state index contributed by atoms with van der Waals surface area (Å²) in [5, 5.41) is 28.7. The maximum absolute atomic E-state index is 12.3. The molecule has 1 heterocycles. The number of ether oxygens (including phenoxy) is 1. The maximum atomic E-state index is 12.3. The Kier molecular flexibility index (Phi) is 3.80. The Morgan fingerprint density at radius 2 is 2.05 bits per heavy atom. The molecule has 1 aromatic rings. The number of phenols is 2. The van der Waals surface area contributed by atoms with Crippen LogP contribution < -0.4 is 0 Å². The summed E-state index contributed by atoms with van der Waals surface area (Å²) in [7, 11) is 1.20. The molecule has 0 aliphatic carbocycles. The Morgan fingerprint density at radius 3 is 2.70 bits per heavy atom. The molecule has 0 bridgehead atoms. The van der Waals surface area contributed by atoms with Crippen molar-refractivity contribution < 1.29 is 29.6 Å². The smallest absolute Gasteiger partial charge is 0.328 e. The molecule has 108 valence electrons. The van der Waals surface area contributed by atoms with Crippen LogP contribution in [0, 0.1) is 0 Å². The Labute approximate surface area is 115 Å². The van der Waals surface area contributed by atoms with Gasteiger partial charge in [-0.05, 0) is 12.1 Å². The molecular formula is C13H15NO6. The quantitative estimate of drug-likeness (QED) is 0.514. The molecule has 1 fully saturated rings. The summed E-state index contributed by atoms with van der Waals surface area (Å²) in [5.41, 5.74) is -0.131. The van der Waals surface area contributed by atoms with Gasteiger partial charge in [0, 0.05) is 13.0 Å². The van der Waals surface area contributed by atoms with Gasteiger partial charge in [-0.15, -0.1) is 0 Å². The monoisotopic (exact) mass is 281 g/mol. The highest BCUT2D eigenvalue weighted by atomic mass is 16.5. The van der Waals surface area contributed by atoms with Crippen LogP contribution in [-0.2, 0) is 9.53 Å². The zero-order valence-electron chi connectivity index (χ0n) is 10.8. The van der Waals surface area contributed by atoms with Gasteiger partial charge in [-0.2, -0.15) is 0 Å². The van der Waals surface area contributed by atoms with Crippen LogP contribution in [0.3, 0.4) is 0 Å². The first-order chi connectivity index (χ1) is 9.45. The minimum absolute atomic E-state index is 0.0340. The van der Waals surface area contributed by atoms with Crippen LogP contribution in [0.4, 0.5) is 0 Å². The largest absolute Gasteiger partial charge is 0.504 e. The van der Waals surface area contributed by atoms with Crippen molar-refractivity contribution in [3.05, 3.63) is 23.8 Å². The molecular weight excluding hydrogens is 266 g/mol. The molecule has 1 aliphatic rings. The number of hydrogen-bond donors (Lipinski definition) is 3. The number of carbonyl (C=O) groups excluding carboxylic acids is 2. The number of amides is 1. The van der Waals surface area contributed by atoms with Gasteiger partial charge in [-0.1, -0.05) is 6.07 Å². The lowest BCUT2D eigenvalue weighted by atomic mass is 10.1. The first-order valence-electron chi connectivity index (χ1n) is 6.03. The fourth-order valence-electron chi connectivity index (χ4n) is 2.26. The van der Waals surface area contributed by atoms with Crippen LogP contribution >= 0.6 is 0 Å². The van der Waals surface area contributed by atoms with E-state index in [4.69, 9.17) is 0 Å². The number of para-hydroxylation sites is 1. The summed E-state index contributed by atoms with van der Waals surface area (Å²) in [5.74, 6) is -2.26. The SMILES string of the molecule is COC(=O)C1CC(O)CN1C(=O)c1cccc(O)c1O. The summed E-state index contributed by atoms with van der Waals surface area (Å²) in [6.45, 7) is -0.0340. The van der Waals surface area contributed by atoms with Crippen molar-refractivity contribution in [3.63, 3.8) is 0 Å². The fourth-order valence-corrected chi connectivity index (χ4v) is 2.26. The van der Waals surface area contributed by atoms with Crippen molar-refractivity contribution in [1.82, 2.24) is 4.90 Å². The molecule has 20 heavy (non-hydrogen) atoms. The van der Waals surface area contributed by atoms with Crippen LogP contribution in [0.25, 0.3) is 0 Å². The number of phenolic OH excluding ortho intramolecular Hbond substituents is 2. The third kappa shape index (κ3) is 2.39. The van der Waals surface area contributed by atoms with Gasteiger partial charge in [0.05, 0.1) is 18.8 Å². The van der Waals surface area contributed by atoms with E-state index in [0.29, 0.717) is 0 Å². The molecule has 1 aromatic carbocycles. The third-order valence-corrected chi connectivity index (χ3v) is 3.26. The van der Waals surface area contributed by atoms with Gasteiger partial charge < -0.3 is 25.0 Å². The van der Waals surface area contributed by atoms with E-state index in [1.54, 1.807) is 0 Å². The second-order valence-corrected chi connectivity index (χ2v) is 4.56. The minimum atomic E-state index is -0.899. The topological polar surface area (TPSA) is 107 Å². The third-order valence-electron chi connectivity index (χ3n) is 3.26. The molecule has 3 N–H and O–H groups in total. The molecule has 0 radical (unpaired) electrons. The summed E-state index contributed by atoms with van der Waals surface area (Å²) in [6, 6.07) is 3.07. The molecule has 2 atom stereocenters. The van der Waals surface area contributed by atoms with Crippen LogP contribution in [0.15, 0.2) is 18.2 Å². The molecule has 0 saturated carbocycles. The van der Waals surface area contributed by atoms with E-state index in [0.717, 1.165) is 4.90 Å². The molecule has 2 rings (SSSR count). The van der Waals surface area contributed by atoms with Gasteiger partial charge in [0.15, 0.2) is 11.5 Å². The minimum Gasteiger partial charge on any atom is -0.504 e. The Bertz CT molecular complexity index is 544. The number of β-amino-alcohol motifs (C(OH)–C–C–N with tert-alkyl or cyclic N) is 1. The van der Waals surface area contributed by atoms with Crippen molar-refractivity contribution >= 4 is 11.9 Å². The number of aliphatic hydroxyl groups is 1. The second-order valence-electron chi connectivity index (χ2n) is 4.56. The number of aromatic hydroxyl groups is 2. The van der Waals surface area contributed by atoms with Crippen LogP contribution in [0.2, 0.25) is 0 Å². The van der Waals surface area contributed by atoms with Crippen molar-refractivity contribution in [2.75, 3.05) is 13.7 Å². The van der Waals surface area contributed by atoms with E-state index in [1.807, 2.05) is 0 Å². The highest BCUT2D eigenvalue weighted by Crippen LogP contribution is 2.31. The maximum Gasteiger partial charge on any atom is 0.328 e. The van der Waals surface area contributed by atoms with Gasteiger partial charge in [-0.25, -0.2) is 4.79 Å². The number of aliphatic hydroxyl groups excluding tert-OH is 1. The lowest BCUT2D eigenvalue weighted by Crippen LogP contribution is -2.41. The molecule has 0 aromatic heterocycles. The van der Waals surface area contributed by atoms with Crippen LogP contribution in [0.5, 0.6) is 11.5 Å². The molecule has 0 spiro atoms. The predicted molar refractivity (Wildman–Crippen MR) is 67.2 cm³/mol. The fraction of sp³-hybridized carbons (Fsp3) is 0.385. The van der Waals surface area contributed by atoms with E-state index in [-0.39, 0.29) is 18.5 Å². The highest BCUT2D eigenvalue weighted by Gasteiger charge is 2.40. The van der Waals surface area contributed by atoms with Crippen molar-refractivity contribution in [3.8, 4) is 11.5 Å². The van der Waals surface area contributed by atoms with Gasteiger partial charge in [-0.3, -0.25) is 4.79 Å². The highest BCUT2D eigenvalue weighted by molar-refractivity contribution is 6.00. The lowest BCUT2D eigenvalue weighted by molar-refractivity contribution is -0.145. The van der Waals surface area contributed by atoms with Crippen LogP contribution in [-0.4, -0.2) is 57.9 Å². The van der Waals surface area contributed by atoms with E-state index in [2.05, 4.69) is 4.74 Å². The lowest BCUT2D eigenvalue weighted by Gasteiger charge is -2.22. The standard InChI is InChI=1S/C13H15NO6/c1-20-13(19)9-5-7(15)6-14(9)12(18)8-3-2-4-10(16)11(8)17/h2-4,7,9,15-17H,5-6H2,1H3. The number of carbonyl (C=O) groups is 2. The Balaban J connectivity index is 2.31. The number of benzene rings is 1. The van der Waals surface area contributed by atoms with E-state index >= 15 is 0 Å². The van der Waals surface area contributed by atoms with E-state index in [1.165, 1.54) is 25.3 Å². The van der Waals surface area contributed by atoms with Crippen molar-refractivity contribution in [2.24, 2.45) is 0 Å². The summed E-state index contributed by atoms with van der Waals surface area (Å²) >= 11 is 0. The molecule has 7 heteroatoms. The van der Waals surface area contributed by atoms with Crippen LogP contribution in [0.1, 0.15) is 16.8 Å². The normalized spacial score (nSPS) is 21.8. The molecule has 7 nitrogen and oxygen atoms in total. The number of esters is 1. The molecule has 2 unspecified atom stereocenters. The summed E-state index contributed by atoms with van der Waals surface area (Å²) in [4.78, 5) is 25.1. The zero-order chi connectivity index (χ0) is 14.9.